The van der Waals surface area contributed by atoms with Crippen molar-refractivity contribution in [1.82, 2.24) is 10.2 Å². The van der Waals surface area contributed by atoms with Crippen LogP contribution in [0.3, 0.4) is 0 Å². The van der Waals surface area contributed by atoms with Gasteiger partial charge in [0.2, 0.25) is 5.91 Å². The van der Waals surface area contributed by atoms with Gasteiger partial charge >= 0.3 is 0 Å². The molecule has 0 bridgehead atoms. The first kappa shape index (κ1) is 23.4. The molecule has 1 aromatic rings. The number of amides is 1. The summed E-state index contributed by atoms with van der Waals surface area (Å²) in [6, 6.07) is 7.57. The van der Waals surface area contributed by atoms with E-state index in [0.717, 1.165) is 37.5 Å². The molecule has 1 aliphatic heterocycles. The van der Waals surface area contributed by atoms with Gasteiger partial charge in [-0.05, 0) is 30.5 Å². The van der Waals surface area contributed by atoms with Crippen molar-refractivity contribution < 1.29 is 9.53 Å². The van der Waals surface area contributed by atoms with E-state index in [1.54, 1.807) is 7.11 Å². The first-order valence-electron chi connectivity index (χ1n) is 7.60. The molecule has 0 aromatic heterocycles. The van der Waals surface area contributed by atoms with Gasteiger partial charge in [-0.3, -0.25) is 9.69 Å². The lowest BCUT2D eigenvalue weighted by Crippen LogP contribution is -2.50. The van der Waals surface area contributed by atoms with Crippen LogP contribution in [0.15, 0.2) is 24.3 Å². The van der Waals surface area contributed by atoms with Gasteiger partial charge in [-0.25, -0.2) is 0 Å². The van der Waals surface area contributed by atoms with Crippen LogP contribution < -0.4 is 11.1 Å². The Hall–Kier alpha value is -0.560. The second-order valence-electron chi connectivity index (χ2n) is 5.75. The number of methoxy groups -OCH3 is 1. The van der Waals surface area contributed by atoms with Gasteiger partial charge in [0.25, 0.3) is 0 Å². The number of nitrogens with one attached hydrogen (secondary N) is 1. The lowest BCUT2D eigenvalue weighted by Gasteiger charge is -2.32. The molecular formula is C16H26Cl3N3O2. The van der Waals surface area contributed by atoms with Gasteiger partial charge in [-0.1, -0.05) is 23.7 Å². The van der Waals surface area contributed by atoms with E-state index < -0.39 is 6.04 Å². The minimum absolute atomic E-state index is 0. The maximum Gasteiger partial charge on any atom is 0.239 e. The standard InChI is InChI=1S/C16H24ClN3O2.2ClH/c1-22-11-15(18)16(21)19-14-6-8-20(9-7-14)10-12-2-4-13(17)5-3-12;;/h2-5,14-15H,6-11,18H2,1H3,(H,19,21);2*1H. The summed E-state index contributed by atoms with van der Waals surface area (Å²) in [7, 11) is 1.54. The zero-order valence-corrected chi connectivity index (χ0v) is 16.1. The molecule has 1 atom stereocenters. The Bertz CT molecular complexity index is 480. The van der Waals surface area contributed by atoms with Crippen LogP contribution in [0, 0.1) is 0 Å². The lowest BCUT2D eigenvalue weighted by atomic mass is 10.0. The van der Waals surface area contributed by atoms with Crippen LogP contribution in [0.2, 0.25) is 5.02 Å². The number of halogens is 3. The van der Waals surface area contributed by atoms with Crippen molar-refractivity contribution in [3.05, 3.63) is 34.9 Å². The Labute approximate surface area is 161 Å². The van der Waals surface area contributed by atoms with Crippen LogP contribution in [-0.4, -0.2) is 49.7 Å². The molecule has 1 amide bonds. The van der Waals surface area contributed by atoms with Crippen LogP contribution in [-0.2, 0) is 16.1 Å². The number of carbonyl (C=O) groups excluding carboxylic acids is 1. The molecule has 138 valence electrons. The summed E-state index contributed by atoms with van der Waals surface area (Å²) in [6.45, 7) is 3.10. The monoisotopic (exact) mass is 397 g/mol. The maximum atomic E-state index is 11.9. The van der Waals surface area contributed by atoms with Gasteiger partial charge in [0.15, 0.2) is 0 Å². The molecule has 1 fully saturated rings. The molecule has 0 saturated carbocycles. The molecule has 0 radical (unpaired) electrons. The Morgan fingerprint density at radius 2 is 1.92 bits per heavy atom. The van der Waals surface area contributed by atoms with Gasteiger partial charge < -0.3 is 15.8 Å². The van der Waals surface area contributed by atoms with Gasteiger partial charge in [0.05, 0.1) is 6.61 Å². The van der Waals surface area contributed by atoms with Crippen LogP contribution >= 0.6 is 36.4 Å². The third-order valence-corrected chi connectivity index (χ3v) is 4.19. The average Bonchev–Trinajstić information content (AvgIpc) is 2.51. The largest absolute Gasteiger partial charge is 0.383 e. The van der Waals surface area contributed by atoms with Crippen LogP contribution in [0.25, 0.3) is 0 Å². The van der Waals surface area contributed by atoms with Crippen LogP contribution in [0.5, 0.6) is 0 Å². The number of ether oxygens (including phenoxy) is 1. The first-order chi connectivity index (χ1) is 10.6. The SMILES string of the molecule is COCC(N)C(=O)NC1CCN(Cc2ccc(Cl)cc2)CC1.Cl.Cl. The van der Waals surface area contributed by atoms with Crippen molar-refractivity contribution in [1.29, 1.82) is 0 Å². The van der Waals surface area contributed by atoms with Crippen molar-refractivity contribution >= 4 is 42.3 Å². The molecule has 3 N–H and O–H groups in total. The number of likely N-dealkylation sites (tertiary alicyclic amines) is 1. The van der Waals surface area contributed by atoms with Crippen molar-refractivity contribution in [3.8, 4) is 0 Å². The van der Waals surface area contributed by atoms with E-state index in [-0.39, 0.29) is 43.4 Å². The summed E-state index contributed by atoms with van der Waals surface area (Å²) >= 11 is 5.90. The first-order valence-corrected chi connectivity index (χ1v) is 7.98. The smallest absolute Gasteiger partial charge is 0.239 e. The van der Waals surface area contributed by atoms with Crippen LogP contribution in [0.1, 0.15) is 18.4 Å². The van der Waals surface area contributed by atoms with Crippen molar-refractivity contribution in [2.75, 3.05) is 26.8 Å². The minimum Gasteiger partial charge on any atom is -0.383 e. The lowest BCUT2D eigenvalue weighted by molar-refractivity contribution is -0.124. The molecule has 24 heavy (non-hydrogen) atoms. The molecule has 5 nitrogen and oxygen atoms in total. The highest BCUT2D eigenvalue weighted by Gasteiger charge is 2.22. The summed E-state index contributed by atoms with van der Waals surface area (Å²) < 4.78 is 4.90. The number of benzene rings is 1. The topological polar surface area (TPSA) is 67.6 Å². The quantitative estimate of drug-likeness (QED) is 0.771. The number of carbonyl (C=O) groups is 1. The fourth-order valence-corrected chi connectivity index (χ4v) is 2.77. The molecule has 1 heterocycles. The zero-order valence-electron chi connectivity index (χ0n) is 13.7. The summed E-state index contributed by atoms with van der Waals surface area (Å²) in [5.74, 6) is -0.127. The molecule has 1 unspecified atom stereocenters. The predicted octanol–water partition coefficient (Wildman–Crippen LogP) is 2.24. The molecule has 1 saturated heterocycles. The highest BCUT2D eigenvalue weighted by molar-refractivity contribution is 6.30. The third-order valence-electron chi connectivity index (χ3n) is 3.94. The second kappa shape index (κ2) is 11.9. The summed E-state index contributed by atoms with van der Waals surface area (Å²) in [4.78, 5) is 14.3. The van der Waals surface area contributed by atoms with E-state index in [1.165, 1.54) is 5.56 Å². The number of nitrogens with two attached hydrogens (primary N) is 1. The number of rotatable bonds is 6. The molecule has 1 aliphatic rings. The van der Waals surface area contributed by atoms with E-state index in [0.29, 0.717) is 0 Å². The minimum atomic E-state index is -0.586. The number of hydrogen-bond donors (Lipinski definition) is 2. The van der Waals surface area contributed by atoms with Crippen molar-refractivity contribution in [2.24, 2.45) is 5.73 Å². The molecule has 8 heteroatoms. The normalized spacial score (nSPS) is 16.6. The Balaban J connectivity index is 0.00000264. The predicted molar refractivity (Wildman–Crippen MR) is 102 cm³/mol. The van der Waals surface area contributed by atoms with E-state index in [1.807, 2.05) is 12.1 Å². The molecule has 0 spiro atoms. The van der Waals surface area contributed by atoms with Crippen molar-refractivity contribution in [2.45, 2.75) is 31.5 Å². The Morgan fingerprint density at radius 3 is 2.46 bits per heavy atom. The average molecular weight is 399 g/mol. The van der Waals surface area contributed by atoms with E-state index in [4.69, 9.17) is 22.1 Å². The van der Waals surface area contributed by atoms with E-state index in [2.05, 4.69) is 22.3 Å². The Kier molecular flexibility index (Phi) is 11.6. The highest BCUT2D eigenvalue weighted by atomic mass is 35.5. The number of piperidine rings is 1. The maximum absolute atomic E-state index is 11.9. The van der Waals surface area contributed by atoms with E-state index in [9.17, 15) is 4.79 Å². The number of hydrogen-bond acceptors (Lipinski definition) is 4. The fourth-order valence-electron chi connectivity index (χ4n) is 2.65. The summed E-state index contributed by atoms with van der Waals surface area (Å²) in [5.41, 5.74) is 6.99. The Morgan fingerprint density at radius 1 is 1.33 bits per heavy atom. The van der Waals surface area contributed by atoms with Crippen molar-refractivity contribution in [3.63, 3.8) is 0 Å². The third kappa shape index (κ3) is 7.55. The van der Waals surface area contributed by atoms with Crippen LogP contribution in [0.4, 0.5) is 0 Å². The molecule has 1 aromatic carbocycles. The van der Waals surface area contributed by atoms with Gasteiger partial charge in [-0.2, -0.15) is 0 Å². The fraction of sp³-hybridized carbons (Fsp3) is 0.562. The van der Waals surface area contributed by atoms with E-state index >= 15 is 0 Å². The van der Waals surface area contributed by atoms with Gasteiger partial charge in [-0.15, -0.1) is 24.8 Å². The summed E-state index contributed by atoms with van der Waals surface area (Å²) in [6.07, 6.45) is 1.89. The zero-order chi connectivity index (χ0) is 15.9. The van der Waals surface area contributed by atoms with Gasteiger partial charge in [0.1, 0.15) is 6.04 Å². The molecule has 2 rings (SSSR count). The number of nitrogens with zero attached hydrogens (tertiary/aromatic N) is 1. The molecular weight excluding hydrogens is 373 g/mol. The van der Waals surface area contributed by atoms with Gasteiger partial charge in [0, 0.05) is 37.8 Å². The second-order valence-corrected chi connectivity index (χ2v) is 6.18. The summed E-state index contributed by atoms with van der Waals surface area (Å²) in [5, 5.41) is 3.77. The highest BCUT2D eigenvalue weighted by Crippen LogP contribution is 2.16. The molecule has 0 aliphatic carbocycles.